The van der Waals surface area contributed by atoms with Crippen molar-refractivity contribution in [1.82, 2.24) is 31.2 Å². The molecule has 2 aliphatic carbocycles. The van der Waals surface area contributed by atoms with Crippen LogP contribution in [0, 0.1) is 11.8 Å². The van der Waals surface area contributed by atoms with Crippen LogP contribution < -0.4 is 21.3 Å². The van der Waals surface area contributed by atoms with E-state index in [1.807, 2.05) is 12.1 Å². The maximum Gasteiger partial charge on any atom is 0.289 e. The summed E-state index contributed by atoms with van der Waals surface area (Å²) in [6.45, 7) is 0.486. The van der Waals surface area contributed by atoms with Crippen LogP contribution in [-0.2, 0) is 19.2 Å². The van der Waals surface area contributed by atoms with Crippen molar-refractivity contribution in [2.75, 3.05) is 6.54 Å². The minimum Gasteiger partial charge on any atom is -0.356 e. The Balaban J connectivity index is 1.33. The van der Waals surface area contributed by atoms with E-state index in [1.165, 1.54) is 6.20 Å². The molecule has 1 aromatic carbocycles. The number of nitrogens with one attached hydrogen (secondary N) is 4. The lowest BCUT2D eigenvalue weighted by Crippen LogP contribution is -2.55. The molecule has 2 saturated carbocycles. The molecule has 11 heteroatoms. The van der Waals surface area contributed by atoms with Crippen LogP contribution in [0.1, 0.15) is 94.0 Å². The number of nitrogens with zero attached hydrogens (tertiary/aromatic N) is 2. The molecule has 1 saturated heterocycles. The largest absolute Gasteiger partial charge is 0.356 e. The summed E-state index contributed by atoms with van der Waals surface area (Å²) in [4.78, 5) is 74.8. The highest BCUT2D eigenvalue weighted by Crippen LogP contribution is 2.28. The van der Waals surface area contributed by atoms with Crippen molar-refractivity contribution in [1.29, 1.82) is 0 Å². The van der Waals surface area contributed by atoms with Gasteiger partial charge in [-0.2, -0.15) is 0 Å². The Morgan fingerprint density at radius 2 is 1.53 bits per heavy atom. The van der Waals surface area contributed by atoms with E-state index >= 15 is 0 Å². The second kappa shape index (κ2) is 14.5. The van der Waals surface area contributed by atoms with Gasteiger partial charge in [-0.25, -0.2) is 4.98 Å². The van der Waals surface area contributed by atoms with Crippen LogP contribution in [0.25, 0.3) is 11.0 Å². The summed E-state index contributed by atoms with van der Waals surface area (Å²) in [7, 11) is 0. The Morgan fingerprint density at radius 1 is 0.837 bits per heavy atom. The average Bonchev–Trinajstić information content (AvgIpc) is 3.44. The molecule has 0 spiro atoms. The van der Waals surface area contributed by atoms with Gasteiger partial charge in [0.2, 0.25) is 17.6 Å². The third-order valence-corrected chi connectivity index (χ3v) is 9.08. The molecule has 2 heterocycles. The fourth-order valence-corrected chi connectivity index (χ4v) is 6.61. The lowest BCUT2D eigenvalue weighted by Gasteiger charge is -2.28. The van der Waals surface area contributed by atoms with Crippen molar-refractivity contribution in [3.05, 3.63) is 36.2 Å². The molecule has 3 atom stereocenters. The number of carbonyl (C=O) groups excluding carboxylic acids is 5. The number of fused-ring (bicyclic) bond motifs is 1. The van der Waals surface area contributed by atoms with Gasteiger partial charge in [-0.3, -0.25) is 29.0 Å². The maximum absolute atomic E-state index is 13.8. The van der Waals surface area contributed by atoms with Gasteiger partial charge in [-0.1, -0.05) is 63.5 Å². The van der Waals surface area contributed by atoms with Gasteiger partial charge in [0, 0.05) is 18.5 Å². The van der Waals surface area contributed by atoms with Gasteiger partial charge in [0.15, 0.2) is 0 Å². The number of ketones is 1. The second-order valence-electron chi connectivity index (χ2n) is 12.3. The van der Waals surface area contributed by atoms with E-state index in [2.05, 4.69) is 31.2 Å². The highest BCUT2D eigenvalue weighted by Gasteiger charge is 2.37. The molecule has 230 valence electrons. The lowest BCUT2D eigenvalue weighted by atomic mass is 9.84. The standard InChI is InChI=1S/C32H42N6O5/c39-28(32(43)35-22-11-5-2-6-12-22)25(18-21-15-16-33-29(21)40)37-30(41)26(17-20-9-3-1-4-10-20)38-31(42)27-19-34-23-13-7-8-14-24(23)36-27/h7-8,13-14,19-22,25-26H,1-6,9-12,15-18H2,(H,33,40)(H,35,43)(H,37,41)(H,38,42)/t21-,25?,26-/m0/s1. The SMILES string of the molecule is O=C(NC1CCCCC1)C(=O)C(C[C@@H]1CCNC1=O)NC(=O)[C@H](CC1CCCCC1)NC(=O)c1cnc2ccccc2n1. The van der Waals surface area contributed by atoms with Gasteiger partial charge in [-0.05, 0) is 50.2 Å². The average molecular weight is 591 g/mol. The highest BCUT2D eigenvalue weighted by atomic mass is 16.2. The molecule has 1 aromatic heterocycles. The van der Waals surface area contributed by atoms with E-state index in [0.29, 0.717) is 30.4 Å². The topological polar surface area (TPSA) is 159 Å². The molecule has 1 aliphatic heterocycles. The molecule has 1 unspecified atom stereocenters. The second-order valence-corrected chi connectivity index (χ2v) is 12.3. The third-order valence-electron chi connectivity index (χ3n) is 9.08. The number of benzene rings is 1. The number of hydrogen-bond acceptors (Lipinski definition) is 7. The Morgan fingerprint density at radius 3 is 2.23 bits per heavy atom. The number of rotatable bonds is 11. The Labute approximate surface area is 251 Å². The van der Waals surface area contributed by atoms with Crippen LogP contribution >= 0.6 is 0 Å². The van der Waals surface area contributed by atoms with E-state index in [9.17, 15) is 24.0 Å². The van der Waals surface area contributed by atoms with E-state index in [0.717, 1.165) is 64.2 Å². The monoisotopic (exact) mass is 590 g/mol. The number of para-hydroxylation sites is 2. The number of amides is 4. The van der Waals surface area contributed by atoms with Crippen LogP contribution in [0.2, 0.25) is 0 Å². The molecule has 0 radical (unpaired) electrons. The quantitative estimate of drug-likeness (QED) is 0.293. The summed E-state index contributed by atoms with van der Waals surface area (Å²) in [6, 6.07) is 5.01. The minimum absolute atomic E-state index is 0.0226. The molecule has 3 fully saturated rings. The molecule has 4 N–H and O–H groups in total. The first-order valence-electron chi connectivity index (χ1n) is 15.8. The Hall–Kier alpha value is -3.89. The van der Waals surface area contributed by atoms with Crippen LogP contribution in [0.3, 0.4) is 0 Å². The van der Waals surface area contributed by atoms with Crippen molar-refractivity contribution in [3.63, 3.8) is 0 Å². The molecule has 4 amide bonds. The molecule has 43 heavy (non-hydrogen) atoms. The minimum atomic E-state index is -1.18. The van der Waals surface area contributed by atoms with Crippen molar-refractivity contribution < 1.29 is 24.0 Å². The highest BCUT2D eigenvalue weighted by molar-refractivity contribution is 6.38. The van der Waals surface area contributed by atoms with E-state index in [1.54, 1.807) is 12.1 Å². The summed E-state index contributed by atoms with van der Waals surface area (Å²) < 4.78 is 0. The summed E-state index contributed by atoms with van der Waals surface area (Å²) in [5, 5.41) is 11.2. The predicted octanol–water partition coefficient (Wildman–Crippen LogP) is 2.73. The number of hydrogen-bond donors (Lipinski definition) is 4. The van der Waals surface area contributed by atoms with E-state index < -0.39 is 41.5 Å². The van der Waals surface area contributed by atoms with Crippen LogP contribution in [0.5, 0.6) is 0 Å². The normalized spacial score (nSPS) is 21.0. The van der Waals surface area contributed by atoms with Crippen molar-refractivity contribution in [2.24, 2.45) is 11.8 Å². The summed E-state index contributed by atoms with van der Waals surface area (Å²) >= 11 is 0. The third kappa shape index (κ3) is 8.14. The predicted molar refractivity (Wildman–Crippen MR) is 160 cm³/mol. The molecule has 5 rings (SSSR count). The van der Waals surface area contributed by atoms with E-state index in [-0.39, 0.29) is 30.0 Å². The maximum atomic E-state index is 13.8. The lowest BCUT2D eigenvalue weighted by molar-refractivity contribution is -0.141. The van der Waals surface area contributed by atoms with Crippen molar-refractivity contribution in [2.45, 2.75) is 102 Å². The molecule has 3 aliphatic rings. The van der Waals surface area contributed by atoms with Gasteiger partial charge in [0.1, 0.15) is 11.7 Å². The van der Waals surface area contributed by atoms with Crippen LogP contribution in [-0.4, -0.2) is 64.1 Å². The zero-order valence-electron chi connectivity index (χ0n) is 24.6. The zero-order valence-corrected chi connectivity index (χ0v) is 24.6. The van der Waals surface area contributed by atoms with Crippen LogP contribution in [0.4, 0.5) is 0 Å². The number of Topliss-reactive ketones (excluding diaryl/α,β-unsaturated/α-hetero) is 1. The zero-order chi connectivity index (χ0) is 30.2. The van der Waals surface area contributed by atoms with Gasteiger partial charge in [0.05, 0.1) is 23.3 Å². The molecule has 11 nitrogen and oxygen atoms in total. The van der Waals surface area contributed by atoms with Gasteiger partial charge < -0.3 is 21.3 Å². The number of aromatic nitrogens is 2. The Bertz CT molecular complexity index is 1340. The van der Waals surface area contributed by atoms with Crippen molar-refractivity contribution >= 4 is 40.4 Å². The molecular weight excluding hydrogens is 548 g/mol. The first-order valence-corrected chi connectivity index (χ1v) is 15.8. The molecular formula is C32H42N6O5. The summed E-state index contributed by atoms with van der Waals surface area (Å²) in [6.07, 6.45) is 12.2. The van der Waals surface area contributed by atoms with E-state index in [4.69, 9.17) is 0 Å². The first kappa shape index (κ1) is 30.6. The fourth-order valence-electron chi connectivity index (χ4n) is 6.61. The van der Waals surface area contributed by atoms with Gasteiger partial charge in [-0.15, -0.1) is 0 Å². The Kier molecular flexibility index (Phi) is 10.3. The molecule has 2 aromatic rings. The van der Waals surface area contributed by atoms with Gasteiger partial charge in [0.25, 0.3) is 11.8 Å². The molecule has 0 bridgehead atoms. The van der Waals surface area contributed by atoms with Gasteiger partial charge >= 0.3 is 0 Å². The summed E-state index contributed by atoms with van der Waals surface area (Å²) in [5.41, 5.74) is 1.30. The van der Waals surface area contributed by atoms with Crippen molar-refractivity contribution in [3.8, 4) is 0 Å². The van der Waals surface area contributed by atoms with Crippen LogP contribution in [0.15, 0.2) is 30.5 Å². The summed E-state index contributed by atoms with van der Waals surface area (Å²) in [5.74, 6) is -3.04. The smallest absolute Gasteiger partial charge is 0.289 e. The number of carbonyl (C=O) groups is 5. The first-order chi connectivity index (χ1) is 20.9. The fraction of sp³-hybridized carbons (Fsp3) is 0.594.